The highest BCUT2D eigenvalue weighted by Crippen LogP contribution is 2.43. The van der Waals surface area contributed by atoms with Gasteiger partial charge in [-0.1, -0.05) is 48.0 Å². The Bertz CT molecular complexity index is 1210. The summed E-state index contributed by atoms with van der Waals surface area (Å²) in [4.78, 5) is 13.8. The number of alkyl halides is 4. The number of rotatable bonds is 6. The lowest BCUT2D eigenvalue weighted by molar-refractivity contribution is -0.172. The Kier molecular flexibility index (Phi) is 6.22. The summed E-state index contributed by atoms with van der Waals surface area (Å²) in [6, 6.07) is 16.2. The maximum atomic E-state index is 13.7. The van der Waals surface area contributed by atoms with Gasteiger partial charge in [-0.15, -0.1) is 6.58 Å². The van der Waals surface area contributed by atoms with Gasteiger partial charge in [-0.05, 0) is 48.6 Å². The average molecular weight is 484 g/mol. The molecule has 8 heteroatoms. The summed E-state index contributed by atoms with van der Waals surface area (Å²) < 4.78 is 54.7. The second kappa shape index (κ2) is 8.88. The van der Waals surface area contributed by atoms with Gasteiger partial charge in [-0.2, -0.15) is 22.8 Å². The van der Waals surface area contributed by atoms with Crippen LogP contribution in [0.3, 0.4) is 0 Å². The predicted molar refractivity (Wildman–Crippen MR) is 126 cm³/mol. The number of hydrogen-bond donors (Lipinski definition) is 1. The quantitative estimate of drug-likeness (QED) is 0.440. The number of aryl methyl sites for hydroxylation is 2. The Morgan fingerprint density at radius 2 is 1.77 bits per heavy atom. The van der Waals surface area contributed by atoms with Crippen LogP contribution in [0, 0.1) is 18.3 Å². The van der Waals surface area contributed by atoms with Gasteiger partial charge in [0.25, 0.3) is 5.91 Å². The Labute approximate surface area is 201 Å². The zero-order chi connectivity index (χ0) is 25.4. The number of hydrogen-bond acceptors (Lipinski definition) is 3. The molecule has 182 valence electrons. The molecule has 0 radical (unpaired) electrons. The van der Waals surface area contributed by atoms with E-state index in [1.807, 2.05) is 37.3 Å². The molecule has 1 atom stereocenters. The molecule has 0 unspecified atom stereocenters. The Hall–Kier alpha value is -3.60. The van der Waals surface area contributed by atoms with E-state index in [0.29, 0.717) is 30.5 Å². The van der Waals surface area contributed by atoms with E-state index in [1.54, 1.807) is 24.3 Å². The van der Waals surface area contributed by atoms with Crippen LogP contribution in [-0.4, -0.2) is 36.4 Å². The first-order chi connectivity index (χ1) is 16.5. The van der Waals surface area contributed by atoms with Crippen LogP contribution >= 0.6 is 0 Å². The minimum atomic E-state index is -4.08. The van der Waals surface area contributed by atoms with Crippen LogP contribution in [0.5, 0.6) is 0 Å². The lowest BCUT2D eigenvalue weighted by Crippen LogP contribution is -2.51. The first-order valence-corrected chi connectivity index (χ1v) is 11.3. The van der Waals surface area contributed by atoms with Gasteiger partial charge in [-0.25, -0.2) is 0 Å². The Balaban J connectivity index is 1.55. The molecule has 2 aromatic carbocycles. The van der Waals surface area contributed by atoms with Crippen molar-refractivity contribution in [3.05, 3.63) is 83.4 Å². The summed E-state index contributed by atoms with van der Waals surface area (Å²) in [6.45, 7) is 3.77. The summed E-state index contributed by atoms with van der Waals surface area (Å²) in [6.07, 6.45) is 2.87. The van der Waals surface area contributed by atoms with Crippen molar-refractivity contribution in [2.24, 2.45) is 0 Å². The molecule has 0 spiro atoms. The third kappa shape index (κ3) is 4.68. The number of nitriles is 1. The van der Waals surface area contributed by atoms with E-state index < -0.39 is 36.4 Å². The second-order valence-electron chi connectivity index (χ2n) is 9.26. The third-order valence-electron chi connectivity index (χ3n) is 6.74. The van der Waals surface area contributed by atoms with E-state index >= 15 is 0 Å². The first kappa shape index (κ1) is 24.5. The summed E-state index contributed by atoms with van der Waals surface area (Å²) in [7, 11) is 0. The average Bonchev–Trinajstić information content (AvgIpc) is 3.05. The molecule has 0 aliphatic carbocycles. The molecule has 0 saturated carbocycles. The van der Waals surface area contributed by atoms with Gasteiger partial charge in [0.15, 0.2) is 0 Å². The SMILES string of the molecule is C=C[C@]1(CCc2cccc(N3CC(F)(F)C(F)(F)C3)c2)CC(c2ccc(C)cc2)=C(C#N)C(=O)N1. The van der Waals surface area contributed by atoms with Crippen molar-refractivity contribution in [1.82, 2.24) is 5.32 Å². The van der Waals surface area contributed by atoms with Crippen LogP contribution in [0.25, 0.3) is 5.57 Å². The number of anilines is 1. The highest BCUT2D eigenvalue weighted by molar-refractivity contribution is 6.07. The lowest BCUT2D eigenvalue weighted by Gasteiger charge is -2.37. The maximum absolute atomic E-state index is 13.7. The van der Waals surface area contributed by atoms with Gasteiger partial charge in [0.05, 0.1) is 18.6 Å². The molecule has 1 saturated heterocycles. The van der Waals surface area contributed by atoms with Gasteiger partial charge in [-0.3, -0.25) is 4.79 Å². The molecule has 2 aliphatic heterocycles. The fourth-order valence-corrected chi connectivity index (χ4v) is 4.59. The summed E-state index contributed by atoms with van der Waals surface area (Å²) in [5, 5.41) is 12.5. The van der Waals surface area contributed by atoms with Crippen molar-refractivity contribution >= 4 is 17.2 Å². The Morgan fingerprint density at radius 1 is 1.11 bits per heavy atom. The van der Waals surface area contributed by atoms with Gasteiger partial charge in [0.1, 0.15) is 11.6 Å². The number of carbonyl (C=O) groups excluding carboxylic acids is 1. The number of halogens is 4. The van der Waals surface area contributed by atoms with Gasteiger partial charge in [0.2, 0.25) is 0 Å². The molecule has 0 bridgehead atoms. The van der Waals surface area contributed by atoms with Crippen LogP contribution < -0.4 is 10.2 Å². The summed E-state index contributed by atoms with van der Waals surface area (Å²) >= 11 is 0. The summed E-state index contributed by atoms with van der Waals surface area (Å²) in [5.41, 5.74) is 2.75. The van der Waals surface area contributed by atoms with Crippen molar-refractivity contribution in [3.8, 4) is 6.07 Å². The maximum Gasteiger partial charge on any atom is 0.329 e. The predicted octanol–water partition coefficient (Wildman–Crippen LogP) is 5.44. The molecule has 2 aromatic rings. The van der Waals surface area contributed by atoms with Crippen molar-refractivity contribution in [3.63, 3.8) is 0 Å². The molecule has 4 rings (SSSR count). The van der Waals surface area contributed by atoms with Crippen LogP contribution in [0.2, 0.25) is 0 Å². The third-order valence-corrected chi connectivity index (χ3v) is 6.74. The molecular formula is C27H25F4N3O. The minimum Gasteiger partial charge on any atom is -0.359 e. The number of amides is 1. The van der Waals surface area contributed by atoms with Crippen LogP contribution in [0.4, 0.5) is 23.2 Å². The fraction of sp³-hybridized carbons (Fsp3) is 0.333. The topological polar surface area (TPSA) is 56.1 Å². The molecule has 35 heavy (non-hydrogen) atoms. The molecule has 0 aromatic heterocycles. The number of nitrogens with zero attached hydrogens (tertiary/aromatic N) is 2. The van der Waals surface area contributed by atoms with E-state index in [2.05, 4.69) is 11.9 Å². The van der Waals surface area contributed by atoms with Gasteiger partial charge < -0.3 is 10.2 Å². The van der Waals surface area contributed by atoms with Crippen molar-refractivity contribution in [1.29, 1.82) is 5.26 Å². The van der Waals surface area contributed by atoms with E-state index in [9.17, 15) is 27.6 Å². The van der Waals surface area contributed by atoms with Crippen molar-refractivity contribution < 1.29 is 22.4 Å². The van der Waals surface area contributed by atoms with E-state index in [4.69, 9.17) is 0 Å². The van der Waals surface area contributed by atoms with E-state index in [1.165, 1.54) is 6.07 Å². The van der Waals surface area contributed by atoms with E-state index in [0.717, 1.165) is 21.6 Å². The first-order valence-electron chi connectivity index (χ1n) is 11.3. The molecule has 1 amide bonds. The fourth-order valence-electron chi connectivity index (χ4n) is 4.59. The highest BCUT2D eigenvalue weighted by Gasteiger charge is 2.62. The van der Waals surface area contributed by atoms with E-state index in [-0.39, 0.29) is 5.57 Å². The summed E-state index contributed by atoms with van der Waals surface area (Å²) in [5.74, 6) is -8.65. The van der Waals surface area contributed by atoms with Crippen LogP contribution in [0.1, 0.15) is 29.5 Å². The normalized spacial score (nSPS) is 23.1. The molecular weight excluding hydrogens is 458 g/mol. The highest BCUT2D eigenvalue weighted by atomic mass is 19.3. The molecule has 1 fully saturated rings. The Morgan fingerprint density at radius 3 is 2.37 bits per heavy atom. The van der Waals surface area contributed by atoms with Gasteiger partial charge in [0, 0.05) is 12.1 Å². The lowest BCUT2D eigenvalue weighted by atomic mass is 9.78. The molecule has 2 heterocycles. The number of benzene rings is 2. The van der Waals surface area contributed by atoms with Crippen molar-refractivity contribution in [2.45, 2.75) is 43.6 Å². The van der Waals surface area contributed by atoms with Crippen LogP contribution in [0.15, 0.2) is 66.8 Å². The zero-order valence-electron chi connectivity index (χ0n) is 19.3. The zero-order valence-corrected chi connectivity index (χ0v) is 19.3. The van der Waals surface area contributed by atoms with Gasteiger partial charge >= 0.3 is 11.8 Å². The standard InChI is InChI=1S/C27H25F4N3O/c1-3-25(14-22(23(15-32)24(35)33-25)20-9-7-18(2)8-10-20)12-11-19-5-4-6-21(13-19)34-16-26(28,29)27(30,31)17-34/h3-10,13H,1,11-12,14,16-17H2,2H3,(H,33,35)/t25-/m0/s1. The smallest absolute Gasteiger partial charge is 0.329 e. The monoisotopic (exact) mass is 483 g/mol. The van der Waals surface area contributed by atoms with Crippen LogP contribution in [-0.2, 0) is 11.2 Å². The molecule has 4 nitrogen and oxygen atoms in total. The number of nitrogens with one attached hydrogen (secondary N) is 1. The molecule has 2 aliphatic rings. The largest absolute Gasteiger partial charge is 0.359 e. The minimum absolute atomic E-state index is 0.0595. The second-order valence-corrected chi connectivity index (χ2v) is 9.26. The molecule has 1 N–H and O–H groups in total. The number of carbonyl (C=O) groups is 1. The van der Waals surface area contributed by atoms with Crippen molar-refractivity contribution in [2.75, 3.05) is 18.0 Å².